The SMILES string of the molecule is CCCCN(C(=O)CCc1ccccc1N)C(C)CC. The normalized spacial score (nSPS) is 12.2. The van der Waals surface area contributed by atoms with Crippen LogP contribution in [0, 0.1) is 0 Å². The molecule has 112 valence electrons. The molecule has 1 rings (SSSR count). The van der Waals surface area contributed by atoms with Crippen LogP contribution in [0.5, 0.6) is 0 Å². The van der Waals surface area contributed by atoms with E-state index in [1.165, 1.54) is 0 Å². The van der Waals surface area contributed by atoms with Crippen molar-refractivity contribution in [1.82, 2.24) is 4.90 Å². The predicted octanol–water partition coefficient (Wildman–Crippen LogP) is 3.63. The van der Waals surface area contributed by atoms with E-state index in [0.29, 0.717) is 12.5 Å². The van der Waals surface area contributed by atoms with Crippen molar-refractivity contribution in [3.63, 3.8) is 0 Å². The maximum atomic E-state index is 12.4. The van der Waals surface area contributed by atoms with Gasteiger partial charge in [0.15, 0.2) is 0 Å². The number of carbonyl (C=O) groups is 1. The highest BCUT2D eigenvalue weighted by Gasteiger charge is 2.18. The summed E-state index contributed by atoms with van der Waals surface area (Å²) in [4.78, 5) is 14.4. The number of nitrogen functional groups attached to an aromatic ring is 1. The third-order valence-electron chi connectivity index (χ3n) is 3.86. The fourth-order valence-corrected chi connectivity index (χ4v) is 2.29. The van der Waals surface area contributed by atoms with Crippen molar-refractivity contribution in [3.8, 4) is 0 Å². The molecule has 0 aliphatic rings. The minimum Gasteiger partial charge on any atom is -0.399 e. The summed E-state index contributed by atoms with van der Waals surface area (Å²) in [5.74, 6) is 0.246. The van der Waals surface area contributed by atoms with Gasteiger partial charge in [-0.2, -0.15) is 0 Å². The minimum atomic E-state index is 0.246. The molecule has 0 radical (unpaired) electrons. The van der Waals surface area contributed by atoms with Gasteiger partial charge in [0.2, 0.25) is 5.91 Å². The molecular weight excluding hydrogens is 248 g/mol. The van der Waals surface area contributed by atoms with Crippen molar-refractivity contribution in [2.75, 3.05) is 12.3 Å². The molecule has 0 aliphatic carbocycles. The van der Waals surface area contributed by atoms with Gasteiger partial charge in [0.25, 0.3) is 0 Å². The first-order valence-electron chi connectivity index (χ1n) is 7.73. The van der Waals surface area contributed by atoms with Gasteiger partial charge in [-0.05, 0) is 37.8 Å². The van der Waals surface area contributed by atoms with E-state index in [2.05, 4.69) is 20.8 Å². The predicted molar refractivity (Wildman–Crippen MR) is 85.5 cm³/mol. The monoisotopic (exact) mass is 276 g/mol. The van der Waals surface area contributed by atoms with Gasteiger partial charge in [0.1, 0.15) is 0 Å². The Hall–Kier alpha value is -1.51. The molecule has 0 spiro atoms. The van der Waals surface area contributed by atoms with Crippen molar-refractivity contribution in [2.24, 2.45) is 0 Å². The number of rotatable bonds is 8. The van der Waals surface area contributed by atoms with Crippen molar-refractivity contribution < 1.29 is 4.79 Å². The molecule has 1 amide bonds. The molecule has 2 N–H and O–H groups in total. The third-order valence-corrected chi connectivity index (χ3v) is 3.86. The Morgan fingerprint density at radius 2 is 2.00 bits per heavy atom. The molecule has 3 nitrogen and oxygen atoms in total. The third kappa shape index (κ3) is 4.87. The average Bonchev–Trinajstić information content (AvgIpc) is 2.46. The lowest BCUT2D eigenvalue weighted by atomic mass is 10.1. The second-order valence-corrected chi connectivity index (χ2v) is 5.40. The molecule has 0 saturated heterocycles. The molecule has 1 aromatic carbocycles. The maximum Gasteiger partial charge on any atom is 0.223 e. The van der Waals surface area contributed by atoms with E-state index < -0.39 is 0 Å². The van der Waals surface area contributed by atoms with E-state index in [1.54, 1.807) is 0 Å². The number of nitrogens with two attached hydrogens (primary N) is 1. The Morgan fingerprint density at radius 1 is 1.30 bits per heavy atom. The molecule has 0 fully saturated rings. The lowest BCUT2D eigenvalue weighted by molar-refractivity contribution is -0.133. The Bertz CT molecular complexity index is 417. The number of hydrogen-bond acceptors (Lipinski definition) is 2. The van der Waals surface area contributed by atoms with Crippen LogP contribution >= 0.6 is 0 Å². The van der Waals surface area contributed by atoms with Crippen molar-refractivity contribution in [2.45, 2.75) is 58.9 Å². The maximum absolute atomic E-state index is 12.4. The van der Waals surface area contributed by atoms with Crippen molar-refractivity contribution >= 4 is 11.6 Å². The molecule has 0 heterocycles. The first kappa shape index (κ1) is 16.5. The molecule has 1 aromatic rings. The van der Waals surface area contributed by atoms with E-state index in [0.717, 1.165) is 43.5 Å². The zero-order valence-corrected chi connectivity index (χ0v) is 13.1. The summed E-state index contributed by atoms with van der Waals surface area (Å²) in [6, 6.07) is 8.11. The van der Waals surface area contributed by atoms with E-state index in [-0.39, 0.29) is 5.91 Å². The van der Waals surface area contributed by atoms with Crippen LogP contribution in [0.4, 0.5) is 5.69 Å². The Balaban J connectivity index is 2.59. The minimum absolute atomic E-state index is 0.246. The summed E-state index contributed by atoms with van der Waals surface area (Å²) in [5, 5.41) is 0. The zero-order valence-electron chi connectivity index (χ0n) is 13.1. The van der Waals surface area contributed by atoms with Gasteiger partial charge in [0.05, 0.1) is 0 Å². The summed E-state index contributed by atoms with van der Waals surface area (Å²) >= 11 is 0. The largest absolute Gasteiger partial charge is 0.399 e. The van der Waals surface area contributed by atoms with Crippen molar-refractivity contribution in [3.05, 3.63) is 29.8 Å². The lowest BCUT2D eigenvalue weighted by Crippen LogP contribution is -2.39. The number of aryl methyl sites for hydroxylation is 1. The van der Waals surface area contributed by atoms with Crippen LogP contribution < -0.4 is 5.73 Å². The molecule has 0 aliphatic heterocycles. The highest BCUT2D eigenvalue weighted by Crippen LogP contribution is 2.15. The summed E-state index contributed by atoms with van der Waals surface area (Å²) in [7, 11) is 0. The van der Waals surface area contributed by atoms with Crippen LogP contribution in [0.3, 0.4) is 0 Å². The topological polar surface area (TPSA) is 46.3 Å². The molecule has 20 heavy (non-hydrogen) atoms. The number of unbranched alkanes of at least 4 members (excludes halogenated alkanes) is 1. The number of anilines is 1. The standard InChI is InChI=1S/C17H28N2O/c1-4-6-13-19(14(3)5-2)17(20)12-11-15-9-7-8-10-16(15)18/h7-10,14H,4-6,11-13,18H2,1-3H3. The molecular formula is C17H28N2O. The summed E-state index contributed by atoms with van der Waals surface area (Å²) in [6.07, 6.45) is 4.46. The fourth-order valence-electron chi connectivity index (χ4n) is 2.29. The van der Waals surface area contributed by atoms with Crippen LogP contribution in [0.15, 0.2) is 24.3 Å². The number of para-hydroxylation sites is 1. The van der Waals surface area contributed by atoms with Crippen LogP contribution in [0.1, 0.15) is 52.0 Å². The van der Waals surface area contributed by atoms with Crippen LogP contribution in [0.25, 0.3) is 0 Å². The number of hydrogen-bond donors (Lipinski definition) is 1. The number of carbonyl (C=O) groups excluding carboxylic acids is 1. The number of amides is 1. The van der Waals surface area contributed by atoms with Gasteiger partial charge < -0.3 is 10.6 Å². The highest BCUT2D eigenvalue weighted by molar-refractivity contribution is 5.77. The molecule has 1 unspecified atom stereocenters. The van der Waals surface area contributed by atoms with Crippen LogP contribution in [-0.2, 0) is 11.2 Å². The van der Waals surface area contributed by atoms with Gasteiger partial charge in [-0.1, -0.05) is 38.5 Å². The quantitative estimate of drug-likeness (QED) is 0.737. The number of nitrogens with zero attached hydrogens (tertiary/aromatic N) is 1. The Labute approximate surface area is 123 Å². The summed E-state index contributed by atoms with van der Waals surface area (Å²) in [5.41, 5.74) is 7.78. The van der Waals surface area contributed by atoms with Gasteiger partial charge >= 0.3 is 0 Å². The van der Waals surface area contributed by atoms with Crippen LogP contribution in [-0.4, -0.2) is 23.4 Å². The van der Waals surface area contributed by atoms with E-state index in [1.807, 2.05) is 29.2 Å². The highest BCUT2D eigenvalue weighted by atomic mass is 16.2. The summed E-state index contributed by atoms with van der Waals surface area (Å²) < 4.78 is 0. The fraction of sp³-hybridized carbons (Fsp3) is 0.588. The summed E-state index contributed by atoms with van der Waals surface area (Å²) in [6.45, 7) is 7.29. The van der Waals surface area contributed by atoms with Gasteiger partial charge in [-0.25, -0.2) is 0 Å². The smallest absolute Gasteiger partial charge is 0.223 e. The van der Waals surface area contributed by atoms with Crippen molar-refractivity contribution in [1.29, 1.82) is 0 Å². The Morgan fingerprint density at radius 3 is 2.60 bits per heavy atom. The molecule has 0 saturated carbocycles. The first-order chi connectivity index (χ1) is 9.60. The van der Waals surface area contributed by atoms with E-state index in [4.69, 9.17) is 5.73 Å². The van der Waals surface area contributed by atoms with E-state index >= 15 is 0 Å². The van der Waals surface area contributed by atoms with Gasteiger partial charge in [-0.15, -0.1) is 0 Å². The van der Waals surface area contributed by atoms with E-state index in [9.17, 15) is 4.79 Å². The second-order valence-electron chi connectivity index (χ2n) is 5.40. The van der Waals surface area contributed by atoms with Gasteiger partial charge in [0, 0.05) is 24.7 Å². The second kappa shape index (κ2) is 8.62. The van der Waals surface area contributed by atoms with Crippen LogP contribution in [0.2, 0.25) is 0 Å². The molecule has 1 atom stereocenters. The Kier molecular flexibility index (Phi) is 7.13. The molecule has 0 aromatic heterocycles. The average molecular weight is 276 g/mol. The molecule has 0 bridgehead atoms. The first-order valence-corrected chi connectivity index (χ1v) is 7.73. The number of benzene rings is 1. The van der Waals surface area contributed by atoms with Gasteiger partial charge in [-0.3, -0.25) is 4.79 Å². The lowest BCUT2D eigenvalue weighted by Gasteiger charge is -2.28. The molecule has 3 heteroatoms. The zero-order chi connectivity index (χ0) is 15.0.